The molecule has 0 aliphatic heterocycles. The van der Waals surface area contributed by atoms with Gasteiger partial charge in [-0.2, -0.15) is 11.8 Å². The lowest BCUT2D eigenvalue weighted by molar-refractivity contribution is 0.646. The fourth-order valence-electron chi connectivity index (χ4n) is 1.95. The Morgan fingerprint density at radius 2 is 1.78 bits per heavy atom. The van der Waals surface area contributed by atoms with Gasteiger partial charge in [-0.05, 0) is 35.1 Å². The number of hydrogen-bond donors (Lipinski definition) is 1. The molecular weight excluding hydrogens is 238 g/mol. The predicted molar refractivity (Wildman–Crippen MR) is 84.1 cm³/mol. The predicted octanol–water partition coefficient (Wildman–Crippen LogP) is 4.27. The zero-order valence-corrected chi connectivity index (χ0v) is 13.0. The van der Waals surface area contributed by atoms with Crippen molar-refractivity contribution in [2.45, 2.75) is 40.2 Å². The van der Waals surface area contributed by atoms with Crippen molar-refractivity contribution in [1.82, 2.24) is 0 Å². The monoisotopic (exact) mass is 265 g/mol. The van der Waals surface area contributed by atoms with Crippen LogP contribution in [0.1, 0.15) is 44.9 Å². The van der Waals surface area contributed by atoms with Gasteiger partial charge in [0.05, 0.1) is 0 Å². The molecule has 0 aliphatic rings. The van der Waals surface area contributed by atoms with E-state index in [0.717, 1.165) is 18.1 Å². The molecule has 0 amide bonds. The molecule has 2 heteroatoms. The van der Waals surface area contributed by atoms with E-state index in [-0.39, 0.29) is 6.04 Å². The van der Waals surface area contributed by atoms with E-state index >= 15 is 0 Å². The van der Waals surface area contributed by atoms with Crippen molar-refractivity contribution in [3.63, 3.8) is 0 Å². The largest absolute Gasteiger partial charge is 0.323 e. The van der Waals surface area contributed by atoms with Crippen molar-refractivity contribution in [2.24, 2.45) is 17.6 Å². The summed E-state index contributed by atoms with van der Waals surface area (Å²) >= 11 is 1.96. The van der Waals surface area contributed by atoms with E-state index in [0.29, 0.717) is 5.92 Å². The molecule has 1 aromatic carbocycles. The third-order valence-electron chi connectivity index (χ3n) is 2.77. The highest BCUT2D eigenvalue weighted by Crippen LogP contribution is 2.20. The molecule has 1 unspecified atom stereocenters. The maximum atomic E-state index is 6.26. The lowest BCUT2D eigenvalue weighted by Crippen LogP contribution is -2.14. The van der Waals surface area contributed by atoms with Crippen LogP contribution in [-0.2, 0) is 6.42 Å². The summed E-state index contributed by atoms with van der Waals surface area (Å²) in [5.41, 5.74) is 8.95. The highest BCUT2D eigenvalue weighted by molar-refractivity contribution is 7.99. The molecule has 1 nitrogen and oxygen atoms in total. The lowest BCUT2D eigenvalue weighted by Gasteiger charge is -2.14. The van der Waals surface area contributed by atoms with E-state index in [4.69, 9.17) is 5.73 Å². The zero-order chi connectivity index (χ0) is 13.5. The van der Waals surface area contributed by atoms with Crippen molar-refractivity contribution < 1.29 is 0 Å². The molecule has 0 spiro atoms. The van der Waals surface area contributed by atoms with E-state index < -0.39 is 0 Å². The van der Waals surface area contributed by atoms with E-state index in [1.807, 2.05) is 11.8 Å². The SMILES string of the molecule is CC(C)CSCC(N)c1cccc(CC(C)C)c1. The van der Waals surface area contributed by atoms with Crippen LogP contribution in [0.25, 0.3) is 0 Å². The fourth-order valence-corrected chi connectivity index (χ4v) is 3.00. The molecule has 0 radical (unpaired) electrons. The van der Waals surface area contributed by atoms with Gasteiger partial charge in [0.2, 0.25) is 0 Å². The zero-order valence-electron chi connectivity index (χ0n) is 12.1. The molecular formula is C16H27NS. The molecule has 0 fully saturated rings. The van der Waals surface area contributed by atoms with E-state index in [1.165, 1.54) is 16.9 Å². The third-order valence-corrected chi connectivity index (χ3v) is 4.27. The van der Waals surface area contributed by atoms with Gasteiger partial charge < -0.3 is 5.73 Å². The van der Waals surface area contributed by atoms with Crippen LogP contribution in [-0.4, -0.2) is 11.5 Å². The Labute approximate surface area is 117 Å². The molecule has 0 heterocycles. The molecule has 0 bridgehead atoms. The van der Waals surface area contributed by atoms with Gasteiger partial charge in [0.25, 0.3) is 0 Å². The molecule has 1 atom stereocenters. The normalized spacial score (nSPS) is 13.3. The van der Waals surface area contributed by atoms with Crippen LogP contribution < -0.4 is 5.73 Å². The topological polar surface area (TPSA) is 26.0 Å². The van der Waals surface area contributed by atoms with Crippen LogP contribution in [0.15, 0.2) is 24.3 Å². The highest BCUT2D eigenvalue weighted by atomic mass is 32.2. The average Bonchev–Trinajstić information content (AvgIpc) is 2.27. The smallest absolute Gasteiger partial charge is 0.0386 e. The summed E-state index contributed by atoms with van der Waals surface area (Å²) in [6.45, 7) is 9.01. The molecule has 1 aromatic rings. The van der Waals surface area contributed by atoms with Crippen molar-refractivity contribution in [3.05, 3.63) is 35.4 Å². The Kier molecular flexibility index (Phi) is 6.80. The third kappa shape index (κ3) is 5.92. The highest BCUT2D eigenvalue weighted by Gasteiger charge is 2.08. The van der Waals surface area contributed by atoms with Gasteiger partial charge in [0, 0.05) is 11.8 Å². The van der Waals surface area contributed by atoms with E-state index in [1.54, 1.807) is 0 Å². The van der Waals surface area contributed by atoms with Crippen molar-refractivity contribution in [3.8, 4) is 0 Å². The number of thioether (sulfide) groups is 1. The van der Waals surface area contributed by atoms with Gasteiger partial charge in [-0.3, -0.25) is 0 Å². The number of nitrogens with two attached hydrogens (primary N) is 1. The first-order chi connectivity index (χ1) is 8.49. The van der Waals surface area contributed by atoms with E-state index in [2.05, 4.69) is 52.0 Å². The van der Waals surface area contributed by atoms with E-state index in [9.17, 15) is 0 Å². The Morgan fingerprint density at radius 1 is 1.06 bits per heavy atom. The van der Waals surface area contributed by atoms with Gasteiger partial charge in [-0.25, -0.2) is 0 Å². The van der Waals surface area contributed by atoms with Gasteiger partial charge in [-0.1, -0.05) is 52.0 Å². The standard InChI is InChI=1S/C16H27NS/c1-12(2)8-14-6-5-7-15(9-14)16(17)11-18-10-13(3)4/h5-7,9,12-13,16H,8,10-11,17H2,1-4H3. The summed E-state index contributed by atoms with van der Waals surface area (Å²) in [4.78, 5) is 0. The second-order valence-corrected chi connectivity index (χ2v) is 6.96. The quantitative estimate of drug-likeness (QED) is 0.796. The summed E-state index contributed by atoms with van der Waals surface area (Å²) in [5, 5.41) is 0. The Balaban J connectivity index is 2.54. The van der Waals surface area contributed by atoms with Crippen LogP contribution in [0, 0.1) is 11.8 Å². The maximum Gasteiger partial charge on any atom is 0.0386 e. The minimum Gasteiger partial charge on any atom is -0.323 e. The Bertz CT molecular complexity index is 347. The Morgan fingerprint density at radius 3 is 2.39 bits per heavy atom. The first-order valence-electron chi connectivity index (χ1n) is 6.91. The van der Waals surface area contributed by atoms with Crippen molar-refractivity contribution in [1.29, 1.82) is 0 Å². The minimum atomic E-state index is 0.167. The molecule has 1 rings (SSSR count). The van der Waals surface area contributed by atoms with Gasteiger partial charge in [0.1, 0.15) is 0 Å². The molecule has 0 saturated heterocycles. The van der Waals surface area contributed by atoms with Gasteiger partial charge in [-0.15, -0.1) is 0 Å². The number of hydrogen-bond acceptors (Lipinski definition) is 2. The van der Waals surface area contributed by atoms with Gasteiger partial charge in [0.15, 0.2) is 0 Å². The summed E-state index contributed by atoms with van der Waals surface area (Å²) < 4.78 is 0. The molecule has 18 heavy (non-hydrogen) atoms. The summed E-state index contributed by atoms with van der Waals surface area (Å²) in [6.07, 6.45) is 1.14. The lowest BCUT2D eigenvalue weighted by atomic mass is 9.99. The molecule has 0 aromatic heterocycles. The number of rotatable bonds is 7. The summed E-state index contributed by atoms with van der Waals surface area (Å²) in [6, 6.07) is 8.95. The molecule has 0 saturated carbocycles. The summed E-state index contributed by atoms with van der Waals surface area (Å²) in [5.74, 6) is 3.66. The minimum absolute atomic E-state index is 0.167. The van der Waals surface area contributed by atoms with Crippen molar-refractivity contribution >= 4 is 11.8 Å². The van der Waals surface area contributed by atoms with Crippen LogP contribution >= 0.6 is 11.8 Å². The fraction of sp³-hybridized carbons (Fsp3) is 0.625. The van der Waals surface area contributed by atoms with Crippen LogP contribution in [0.3, 0.4) is 0 Å². The van der Waals surface area contributed by atoms with Crippen LogP contribution in [0.2, 0.25) is 0 Å². The first kappa shape index (κ1) is 15.6. The molecule has 102 valence electrons. The second kappa shape index (κ2) is 7.85. The molecule has 0 aliphatic carbocycles. The maximum absolute atomic E-state index is 6.26. The van der Waals surface area contributed by atoms with Crippen LogP contribution in [0.5, 0.6) is 0 Å². The van der Waals surface area contributed by atoms with Crippen LogP contribution in [0.4, 0.5) is 0 Å². The first-order valence-corrected chi connectivity index (χ1v) is 8.06. The number of benzene rings is 1. The van der Waals surface area contributed by atoms with Crippen molar-refractivity contribution in [2.75, 3.05) is 11.5 Å². The Hall–Kier alpha value is -0.470. The second-order valence-electron chi connectivity index (χ2n) is 5.88. The van der Waals surface area contributed by atoms with Gasteiger partial charge >= 0.3 is 0 Å². The molecule has 2 N–H and O–H groups in total. The summed E-state index contributed by atoms with van der Waals surface area (Å²) in [7, 11) is 0. The average molecular weight is 265 g/mol.